The number of pyridine rings is 1. The number of carbonyl (C=O) groups is 1. The number of nitrogens with two attached hydrogens (primary N) is 1. The number of nitrogens with one attached hydrogen (secondary N) is 1. The largest absolute Gasteiger partial charge is 0.366 e. The van der Waals surface area contributed by atoms with E-state index < -0.39 is 5.91 Å². The van der Waals surface area contributed by atoms with Gasteiger partial charge < -0.3 is 16.0 Å². The molecule has 116 valence electrons. The van der Waals surface area contributed by atoms with Crippen LogP contribution >= 0.6 is 0 Å². The average Bonchev–Trinajstić information content (AvgIpc) is 2.47. The van der Waals surface area contributed by atoms with Crippen molar-refractivity contribution in [3.8, 4) is 0 Å². The Balaban J connectivity index is 2.01. The first-order chi connectivity index (χ1) is 10.1. The van der Waals surface area contributed by atoms with Gasteiger partial charge in [-0.15, -0.1) is 0 Å². The zero-order chi connectivity index (χ0) is 15.2. The van der Waals surface area contributed by atoms with Crippen LogP contribution < -0.4 is 16.0 Å². The molecule has 2 heterocycles. The molecule has 1 saturated heterocycles. The second kappa shape index (κ2) is 7.41. The lowest BCUT2D eigenvalue weighted by Crippen LogP contribution is -2.46. The first-order valence-electron chi connectivity index (χ1n) is 7.81. The minimum Gasteiger partial charge on any atom is -0.366 e. The van der Waals surface area contributed by atoms with Crippen LogP contribution in [0, 0.1) is 5.92 Å². The van der Waals surface area contributed by atoms with Crippen molar-refractivity contribution in [1.82, 2.24) is 10.3 Å². The fraction of sp³-hybridized carbons (Fsp3) is 0.625. The highest BCUT2D eigenvalue weighted by Gasteiger charge is 2.23. The fourth-order valence-electron chi connectivity index (χ4n) is 2.75. The smallest absolute Gasteiger partial charge is 0.250 e. The summed E-state index contributed by atoms with van der Waals surface area (Å²) < 4.78 is 0. The molecule has 1 aromatic heterocycles. The van der Waals surface area contributed by atoms with Gasteiger partial charge in [-0.25, -0.2) is 4.98 Å². The number of aromatic nitrogens is 1. The minimum atomic E-state index is -0.428. The lowest BCUT2D eigenvalue weighted by Gasteiger charge is -2.37. The summed E-state index contributed by atoms with van der Waals surface area (Å²) in [7, 11) is 0. The normalized spacial score (nSPS) is 19.0. The summed E-state index contributed by atoms with van der Waals surface area (Å²) in [5.41, 5.74) is 5.72. The molecule has 2 rings (SSSR count). The highest BCUT2D eigenvalue weighted by atomic mass is 16.1. The Kier molecular flexibility index (Phi) is 5.56. The molecule has 0 spiro atoms. The van der Waals surface area contributed by atoms with Gasteiger partial charge in [0.1, 0.15) is 5.82 Å². The molecule has 1 aliphatic rings. The van der Waals surface area contributed by atoms with E-state index in [1.165, 1.54) is 19.3 Å². The minimum absolute atomic E-state index is 0.428. The third-order valence-corrected chi connectivity index (χ3v) is 3.89. The van der Waals surface area contributed by atoms with Crippen LogP contribution in [-0.2, 0) is 0 Å². The van der Waals surface area contributed by atoms with Gasteiger partial charge in [0.05, 0.1) is 5.56 Å². The van der Waals surface area contributed by atoms with E-state index in [1.807, 2.05) is 6.07 Å². The predicted molar refractivity (Wildman–Crippen MR) is 85.4 cm³/mol. The molecule has 1 aromatic rings. The molecule has 1 aliphatic heterocycles. The summed E-state index contributed by atoms with van der Waals surface area (Å²) in [4.78, 5) is 17.9. The maximum absolute atomic E-state index is 11.1. The van der Waals surface area contributed by atoms with E-state index in [0.717, 1.165) is 25.5 Å². The lowest BCUT2D eigenvalue weighted by molar-refractivity contribution is 0.1000. The molecule has 0 saturated carbocycles. The third kappa shape index (κ3) is 4.43. The van der Waals surface area contributed by atoms with Gasteiger partial charge in [0.15, 0.2) is 0 Å². The molecular weight excluding hydrogens is 264 g/mol. The van der Waals surface area contributed by atoms with Gasteiger partial charge in [0.25, 0.3) is 0 Å². The van der Waals surface area contributed by atoms with Gasteiger partial charge in [-0.2, -0.15) is 0 Å². The first kappa shape index (κ1) is 15.8. The topological polar surface area (TPSA) is 71.2 Å². The number of amides is 1. The Hall–Kier alpha value is -1.62. The molecule has 0 aliphatic carbocycles. The van der Waals surface area contributed by atoms with E-state index in [1.54, 1.807) is 12.3 Å². The van der Waals surface area contributed by atoms with Gasteiger partial charge in [-0.05, 0) is 43.9 Å². The third-order valence-electron chi connectivity index (χ3n) is 3.89. The second-order valence-corrected chi connectivity index (χ2v) is 6.16. The maximum atomic E-state index is 11.1. The van der Waals surface area contributed by atoms with Crippen LogP contribution in [0.1, 0.15) is 43.5 Å². The molecule has 21 heavy (non-hydrogen) atoms. The Morgan fingerprint density at radius 1 is 1.48 bits per heavy atom. The van der Waals surface area contributed by atoms with Crippen molar-refractivity contribution in [2.75, 3.05) is 24.5 Å². The van der Waals surface area contributed by atoms with Gasteiger partial charge in [0, 0.05) is 25.3 Å². The van der Waals surface area contributed by atoms with Gasteiger partial charge in [-0.3, -0.25) is 4.79 Å². The van der Waals surface area contributed by atoms with E-state index >= 15 is 0 Å². The van der Waals surface area contributed by atoms with Crippen LogP contribution in [0.15, 0.2) is 18.3 Å². The predicted octanol–water partition coefficient (Wildman–Crippen LogP) is 1.78. The molecule has 1 atom stereocenters. The number of anilines is 1. The van der Waals surface area contributed by atoms with Crippen LogP contribution in [0.5, 0.6) is 0 Å². The Bertz CT molecular complexity index is 458. The number of rotatable bonds is 6. The monoisotopic (exact) mass is 290 g/mol. The highest BCUT2D eigenvalue weighted by Crippen LogP contribution is 2.22. The van der Waals surface area contributed by atoms with Crippen molar-refractivity contribution in [3.05, 3.63) is 23.9 Å². The van der Waals surface area contributed by atoms with Gasteiger partial charge in [0.2, 0.25) is 5.91 Å². The second-order valence-electron chi connectivity index (χ2n) is 6.16. The van der Waals surface area contributed by atoms with E-state index in [9.17, 15) is 4.79 Å². The Labute approximate surface area is 126 Å². The van der Waals surface area contributed by atoms with Crippen LogP contribution in [0.25, 0.3) is 0 Å². The number of nitrogens with zero attached hydrogens (tertiary/aromatic N) is 2. The SMILES string of the molecule is CC(C)CNCC1CCCCN1c1ccc(C(N)=O)cn1. The molecule has 3 N–H and O–H groups in total. The summed E-state index contributed by atoms with van der Waals surface area (Å²) in [6.07, 6.45) is 5.22. The summed E-state index contributed by atoms with van der Waals surface area (Å²) in [6, 6.07) is 4.14. The number of carbonyl (C=O) groups excluding carboxylic acids is 1. The lowest BCUT2D eigenvalue weighted by atomic mass is 10.0. The van der Waals surface area contributed by atoms with Gasteiger partial charge >= 0.3 is 0 Å². The molecule has 5 heteroatoms. The van der Waals surface area contributed by atoms with Crippen LogP contribution in [-0.4, -0.2) is 36.6 Å². The standard InChI is InChI=1S/C16H26N4O/c1-12(2)9-18-11-14-5-3-4-8-20(14)15-7-6-13(10-19-15)16(17)21/h6-7,10,12,14,18H,3-5,8-9,11H2,1-2H3,(H2,17,21). The maximum Gasteiger partial charge on any atom is 0.250 e. The summed E-state index contributed by atoms with van der Waals surface area (Å²) >= 11 is 0. The quantitative estimate of drug-likeness (QED) is 0.838. The summed E-state index contributed by atoms with van der Waals surface area (Å²) in [5.74, 6) is 1.17. The molecule has 0 bridgehead atoms. The Morgan fingerprint density at radius 3 is 2.90 bits per heavy atom. The zero-order valence-corrected chi connectivity index (χ0v) is 13.0. The number of primary amides is 1. The Morgan fingerprint density at radius 2 is 2.29 bits per heavy atom. The van der Waals surface area contributed by atoms with E-state index in [4.69, 9.17) is 5.73 Å². The fourth-order valence-corrected chi connectivity index (χ4v) is 2.75. The van der Waals surface area contributed by atoms with E-state index in [2.05, 4.69) is 29.0 Å². The van der Waals surface area contributed by atoms with Crippen molar-refractivity contribution in [2.45, 2.75) is 39.2 Å². The summed E-state index contributed by atoms with van der Waals surface area (Å²) in [6.45, 7) is 7.48. The van der Waals surface area contributed by atoms with Crippen LogP contribution in [0.2, 0.25) is 0 Å². The van der Waals surface area contributed by atoms with Crippen molar-refractivity contribution in [3.63, 3.8) is 0 Å². The van der Waals surface area contributed by atoms with E-state index in [-0.39, 0.29) is 0 Å². The molecule has 1 amide bonds. The molecular formula is C16H26N4O. The van der Waals surface area contributed by atoms with E-state index in [0.29, 0.717) is 17.5 Å². The average molecular weight is 290 g/mol. The molecule has 5 nitrogen and oxygen atoms in total. The van der Waals surface area contributed by atoms with Crippen molar-refractivity contribution in [2.24, 2.45) is 11.7 Å². The number of piperidine rings is 1. The first-order valence-corrected chi connectivity index (χ1v) is 7.81. The molecule has 1 fully saturated rings. The number of hydrogen-bond acceptors (Lipinski definition) is 4. The van der Waals surface area contributed by atoms with Crippen molar-refractivity contribution >= 4 is 11.7 Å². The van der Waals surface area contributed by atoms with Gasteiger partial charge in [-0.1, -0.05) is 13.8 Å². The van der Waals surface area contributed by atoms with Crippen molar-refractivity contribution in [1.29, 1.82) is 0 Å². The van der Waals surface area contributed by atoms with Crippen molar-refractivity contribution < 1.29 is 4.79 Å². The van der Waals surface area contributed by atoms with Crippen LogP contribution in [0.3, 0.4) is 0 Å². The summed E-state index contributed by atoms with van der Waals surface area (Å²) in [5, 5.41) is 3.54. The number of hydrogen-bond donors (Lipinski definition) is 2. The van der Waals surface area contributed by atoms with Crippen LogP contribution in [0.4, 0.5) is 5.82 Å². The molecule has 1 unspecified atom stereocenters. The zero-order valence-electron chi connectivity index (χ0n) is 13.0. The molecule has 0 aromatic carbocycles. The molecule has 0 radical (unpaired) electrons. The highest BCUT2D eigenvalue weighted by molar-refractivity contribution is 5.92.